The average molecular weight is 374 g/mol. The molecule has 0 bridgehead atoms. The van der Waals surface area contributed by atoms with E-state index >= 15 is 0 Å². The number of aryl methyl sites for hydroxylation is 1. The smallest absolute Gasteiger partial charge is 0.270 e. The highest BCUT2D eigenvalue weighted by Gasteiger charge is 2.40. The fourth-order valence-corrected chi connectivity index (χ4v) is 2.95. The van der Waals surface area contributed by atoms with Crippen molar-refractivity contribution in [3.05, 3.63) is 47.1 Å². The summed E-state index contributed by atoms with van der Waals surface area (Å²) in [6, 6.07) is 8.87. The summed E-state index contributed by atoms with van der Waals surface area (Å²) in [6.45, 7) is 5.64. The third-order valence-electron chi connectivity index (χ3n) is 4.08. The second-order valence-electron chi connectivity index (χ2n) is 6.70. The van der Waals surface area contributed by atoms with Gasteiger partial charge in [0.25, 0.3) is 5.91 Å². The molecular formula is C19H20ClN3O3. The van der Waals surface area contributed by atoms with Crippen molar-refractivity contribution < 1.29 is 14.3 Å². The Bertz CT molecular complexity index is 867. The van der Waals surface area contributed by atoms with Crippen LogP contribution in [0.15, 0.2) is 36.5 Å². The van der Waals surface area contributed by atoms with Crippen molar-refractivity contribution in [2.45, 2.75) is 32.8 Å². The lowest BCUT2D eigenvalue weighted by molar-refractivity contribution is -0.132. The second kappa shape index (κ2) is 6.96. The maximum atomic E-state index is 12.8. The molecule has 26 heavy (non-hydrogen) atoms. The quantitative estimate of drug-likeness (QED) is 0.889. The van der Waals surface area contributed by atoms with Crippen LogP contribution in [0, 0.1) is 6.92 Å². The summed E-state index contributed by atoms with van der Waals surface area (Å²) in [7, 11) is 0. The first-order valence-corrected chi connectivity index (χ1v) is 8.67. The van der Waals surface area contributed by atoms with Crippen LogP contribution in [-0.4, -0.2) is 28.9 Å². The van der Waals surface area contributed by atoms with Crippen LogP contribution >= 0.6 is 11.6 Å². The zero-order valence-corrected chi connectivity index (χ0v) is 15.6. The van der Waals surface area contributed by atoms with Gasteiger partial charge >= 0.3 is 0 Å². The molecule has 0 radical (unpaired) electrons. The lowest BCUT2D eigenvalue weighted by atomic mass is 10.0. The molecular weight excluding hydrogens is 354 g/mol. The molecule has 0 atom stereocenters. The maximum absolute atomic E-state index is 12.8. The number of aromatic nitrogens is 1. The average Bonchev–Trinajstić information content (AvgIpc) is 2.56. The minimum atomic E-state index is -0.979. The van der Waals surface area contributed by atoms with Crippen LogP contribution in [-0.2, 0) is 9.59 Å². The second-order valence-corrected chi connectivity index (χ2v) is 7.13. The number of halogens is 1. The molecule has 136 valence electrons. The van der Waals surface area contributed by atoms with E-state index in [1.807, 2.05) is 25.1 Å². The van der Waals surface area contributed by atoms with Crippen molar-refractivity contribution in [3.8, 4) is 5.75 Å². The van der Waals surface area contributed by atoms with Gasteiger partial charge in [-0.25, -0.2) is 4.98 Å². The number of benzene rings is 1. The van der Waals surface area contributed by atoms with E-state index in [1.165, 1.54) is 6.20 Å². The third kappa shape index (κ3) is 3.80. The minimum absolute atomic E-state index is 0.128. The van der Waals surface area contributed by atoms with Crippen molar-refractivity contribution >= 4 is 34.9 Å². The fourth-order valence-electron chi connectivity index (χ4n) is 2.79. The molecule has 0 fully saturated rings. The highest BCUT2D eigenvalue weighted by atomic mass is 35.5. The summed E-state index contributed by atoms with van der Waals surface area (Å²) in [6.07, 6.45) is 1.65. The highest BCUT2D eigenvalue weighted by Crippen LogP contribution is 2.38. The van der Waals surface area contributed by atoms with Gasteiger partial charge in [-0.15, -0.1) is 0 Å². The zero-order valence-electron chi connectivity index (χ0n) is 14.9. The van der Waals surface area contributed by atoms with E-state index in [-0.39, 0.29) is 24.8 Å². The maximum Gasteiger partial charge on any atom is 0.270 e. The van der Waals surface area contributed by atoms with Crippen LogP contribution in [0.1, 0.15) is 25.8 Å². The number of fused-ring (bicyclic) bond motifs is 1. The van der Waals surface area contributed by atoms with Gasteiger partial charge in [0.2, 0.25) is 5.91 Å². The molecule has 0 aliphatic carbocycles. The number of hydrogen-bond acceptors (Lipinski definition) is 4. The van der Waals surface area contributed by atoms with Gasteiger partial charge in [0, 0.05) is 24.2 Å². The molecule has 2 aromatic rings. The number of nitrogens with one attached hydrogen (secondary N) is 1. The third-order valence-corrected chi connectivity index (χ3v) is 4.32. The summed E-state index contributed by atoms with van der Waals surface area (Å²) in [4.78, 5) is 30.7. The Balaban J connectivity index is 1.75. The van der Waals surface area contributed by atoms with Crippen molar-refractivity contribution in [3.63, 3.8) is 0 Å². The van der Waals surface area contributed by atoms with E-state index in [0.717, 1.165) is 5.56 Å². The van der Waals surface area contributed by atoms with Crippen LogP contribution in [0.5, 0.6) is 5.75 Å². The monoisotopic (exact) mass is 373 g/mol. The molecule has 1 aliphatic heterocycles. The number of amides is 2. The van der Waals surface area contributed by atoms with Gasteiger partial charge in [-0.05, 0) is 50.6 Å². The van der Waals surface area contributed by atoms with Crippen LogP contribution in [0.3, 0.4) is 0 Å². The normalized spacial score (nSPS) is 15.2. The number of ether oxygens (including phenoxy) is 1. The molecule has 6 nitrogen and oxygen atoms in total. The SMILES string of the molecule is Cc1ccc2c(c1)N(CCC(=O)Nc1cc(Cl)ccn1)C(=O)C(C)(C)O2. The van der Waals surface area contributed by atoms with E-state index in [9.17, 15) is 9.59 Å². The first-order valence-electron chi connectivity index (χ1n) is 8.29. The predicted molar refractivity (Wildman–Crippen MR) is 101 cm³/mol. The number of anilines is 2. The summed E-state index contributed by atoms with van der Waals surface area (Å²) >= 11 is 5.89. The molecule has 2 amide bonds. The Labute approximate surface area is 157 Å². The number of pyridine rings is 1. The molecule has 0 spiro atoms. The summed E-state index contributed by atoms with van der Waals surface area (Å²) in [5, 5.41) is 3.18. The van der Waals surface area contributed by atoms with Gasteiger partial charge in [-0.2, -0.15) is 0 Å². The lowest BCUT2D eigenvalue weighted by Crippen LogP contribution is -2.53. The first kappa shape index (κ1) is 18.2. The van der Waals surface area contributed by atoms with Gasteiger partial charge in [-0.3, -0.25) is 9.59 Å². The number of nitrogens with zero attached hydrogens (tertiary/aromatic N) is 2. The summed E-state index contributed by atoms with van der Waals surface area (Å²) in [5.74, 6) is 0.597. The molecule has 1 aromatic carbocycles. The topological polar surface area (TPSA) is 71.5 Å². The minimum Gasteiger partial charge on any atom is -0.476 e. The first-order chi connectivity index (χ1) is 12.3. The Morgan fingerprint density at radius 2 is 2.08 bits per heavy atom. The van der Waals surface area contributed by atoms with Crippen molar-refractivity contribution in [1.82, 2.24) is 4.98 Å². The fraction of sp³-hybridized carbons (Fsp3) is 0.316. The van der Waals surface area contributed by atoms with Gasteiger partial charge in [-0.1, -0.05) is 17.7 Å². The largest absolute Gasteiger partial charge is 0.476 e. The molecule has 7 heteroatoms. The van der Waals surface area contributed by atoms with Crippen LogP contribution < -0.4 is 15.0 Å². The molecule has 3 rings (SSSR count). The Morgan fingerprint density at radius 3 is 2.81 bits per heavy atom. The molecule has 0 saturated heterocycles. The van der Waals surface area contributed by atoms with Crippen molar-refractivity contribution in [1.29, 1.82) is 0 Å². The van der Waals surface area contributed by atoms with E-state index in [0.29, 0.717) is 22.3 Å². The standard InChI is InChI=1S/C19H20ClN3O3/c1-12-4-5-15-14(10-12)23(18(25)19(2,3)26-15)9-7-17(24)22-16-11-13(20)6-8-21-16/h4-6,8,10-11H,7,9H2,1-3H3,(H,21,22,24). The number of carbonyl (C=O) groups is 2. The molecule has 0 saturated carbocycles. The molecule has 1 aliphatic rings. The molecule has 1 N–H and O–H groups in total. The van der Waals surface area contributed by atoms with Gasteiger partial charge in [0.15, 0.2) is 5.60 Å². The van der Waals surface area contributed by atoms with Gasteiger partial charge in [0.1, 0.15) is 11.6 Å². The van der Waals surface area contributed by atoms with E-state index in [4.69, 9.17) is 16.3 Å². The van der Waals surface area contributed by atoms with E-state index in [1.54, 1.807) is 30.9 Å². The highest BCUT2D eigenvalue weighted by molar-refractivity contribution is 6.30. The van der Waals surface area contributed by atoms with Gasteiger partial charge < -0.3 is 15.0 Å². The molecule has 1 aromatic heterocycles. The number of carbonyl (C=O) groups excluding carboxylic acids is 2. The Hall–Kier alpha value is -2.60. The van der Waals surface area contributed by atoms with Crippen molar-refractivity contribution in [2.24, 2.45) is 0 Å². The van der Waals surface area contributed by atoms with Crippen molar-refractivity contribution in [2.75, 3.05) is 16.8 Å². The van der Waals surface area contributed by atoms with Crippen LogP contribution in [0.4, 0.5) is 11.5 Å². The summed E-state index contributed by atoms with van der Waals surface area (Å²) in [5.41, 5.74) is 0.716. The van der Waals surface area contributed by atoms with Gasteiger partial charge in [0.05, 0.1) is 5.69 Å². The summed E-state index contributed by atoms with van der Waals surface area (Å²) < 4.78 is 5.82. The number of rotatable bonds is 4. The van der Waals surface area contributed by atoms with Crippen LogP contribution in [0.25, 0.3) is 0 Å². The van der Waals surface area contributed by atoms with E-state index in [2.05, 4.69) is 10.3 Å². The number of hydrogen-bond donors (Lipinski definition) is 1. The molecule has 2 heterocycles. The lowest BCUT2D eigenvalue weighted by Gasteiger charge is -2.38. The Morgan fingerprint density at radius 1 is 1.31 bits per heavy atom. The van der Waals surface area contributed by atoms with Crippen LogP contribution in [0.2, 0.25) is 5.02 Å². The van der Waals surface area contributed by atoms with E-state index < -0.39 is 5.60 Å². The molecule has 0 unspecified atom stereocenters. The predicted octanol–water partition coefficient (Wildman–Crippen LogP) is 3.58. The zero-order chi connectivity index (χ0) is 18.9. The Kier molecular flexibility index (Phi) is 4.87.